The fourth-order valence-corrected chi connectivity index (χ4v) is 3.32. The van der Waals surface area contributed by atoms with Gasteiger partial charge in [-0.3, -0.25) is 0 Å². The van der Waals surface area contributed by atoms with Crippen molar-refractivity contribution in [1.29, 1.82) is 0 Å². The van der Waals surface area contributed by atoms with E-state index in [9.17, 15) is 13.2 Å². The molecule has 1 aliphatic heterocycles. The highest BCUT2D eigenvalue weighted by Crippen LogP contribution is 2.36. The predicted molar refractivity (Wildman–Crippen MR) is 93.4 cm³/mol. The largest absolute Gasteiger partial charge is 0.417 e. The van der Waals surface area contributed by atoms with E-state index in [2.05, 4.69) is 16.0 Å². The lowest BCUT2D eigenvalue weighted by atomic mass is 9.83. The molecule has 1 fully saturated rings. The highest BCUT2D eigenvalue weighted by Gasteiger charge is 2.35. The Labute approximate surface area is 147 Å². The van der Waals surface area contributed by atoms with Crippen molar-refractivity contribution in [2.45, 2.75) is 37.4 Å². The van der Waals surface area contributed by atoms with Crippen LogP contribution >= 0.6 is 11.6 Å². The summed E-state index contributed by atoms with van der Waals surface area (Å²) < 4.78 is 38.8. The van der Waals surface area contributed by atoms with Crippen molar-refractivity contribution in [3.63, 3.8) is 0 Å². The Balaban J connectivity index is 0.00000139. The van der Waals surface area contributed by atoms with Gasteiger partial charge in [-0.1, -0.05) is 17.7 Å². The lowest BCUT2D eigenvalue weighted by Crippen LogP contribution is -2.55. The van der Waals surface area contributed by atoms with Crippen molar-refractivity contribution in [1.82, 2.24) is 10.2 Å². The first-order valence-corrected chi connectivity index (χ1v) is 8.44. The smallest absolute Gasteiger partial charge is 0.333 e. The maximum atomic E-state index is 12.9. The van der Waals surface area contributed by atoms with Crippen LogP contribution in [-0.4, -0.2) is 44.7 Å². The Bertz CT molecular complexity index is 512. The third-order valence-electron chi connectivity index (χ3n) is 4.61. The number of rotatable bonds is 4. The van der Waals surface area contributed by atoms with Gasteiger partial charge in [0.05, 0.1) is 10.6 Å². The summed E-state index contributed by atoms with van der Waals surface area (Å²) in [4.78, 5) is 2.19. The molecular formula is C17H27ClF3N3. The zero-order valence-electron chi connectivity index (χ0n) is 14.5. The average molecular weight is 366 g/mol. The molecule has 0 aromatic heterocycles. The summed E-state index contributed by atoms with van der Waals surface area (Å²) in [5, 5.41) is 3.16. The van der Waals surface area contributed by atoms with E-state index in [0.717, 1.165) is 32.4 Å². The van der Waals surface area contributed by atoms with E-state index in [1.54, 1.807) is 6.07 Å². The topological polar surface area (TPSA) is 41.3 Å². The fraction of sp³-hybridized carbons (Fsp3) is 0.647. The zero-order chi connectivity index (χ0) is 18.4. The van der Waals surface area contributed by atoms with Crippen molar-refractivity contribution in [3.05, 3.63) is 34.3 Å². The third-order valence-corrected chi connectivity index (χ3v) is 4.94. The second kappa shape index (κ2) is 9.04. The van der Waals surface area contributed by atoms with Gasteiger partial charge in [-0.05, 0) is 71.1 Å². The maximum absolute atomic E-state index is 12.9. The van der Waals surface area contributed by atoms with E-state index in [4.69, 9.17) is 11.6 Å². The minimum Gasteiger partial charge on any atom is -0.333 e. The summed E-state index contributed by atoms with van der Waals surface area (Å²) >= 11 is 5.67. The Kier molecular flexibility index (Phi) is 7.99. The van der Waals surface area contributed by atoms with Gasteiger partial charge in [0.2, 0.25) is 0 Å². The summed E-state index contributed by atoms with van der Waals surface area (Å²) in [5.41, 5.74) is 4.45. The van der Waals surface area contributed by atoms with E-state index in [1.807, 2.05) is 14.1 Å². The van der Waals surface area contributed by atoms with Crippen LogP contribution in [0.15, 0.2) is 18.2 Å². The quantitative estimate of drug-likeness (QED) is 0.857. The van der Waals surface area contributed by atoms with E-state index in [-0.39, 0.29) is 10.6 Å². The van der Waals surface area contributed by atoms with Crippen molar-refractivity contribution in [2.24, 2.45) is 5.73 Å². The van der Waals surface area contributed by atoms with Crippen LogP contribution in [0, 0.1) is 0 Å². The molecular weight excluding hydrogens is 339 g/mol. The number of hydrogen-bond acceptors (Lipinski definition) is 3. The van der Waals surface area contributed by atoms with Gasteiger partial charge >= 0.3 is 6.18 Å². The van der Waals surface area contributed by atoms with E-state index in [1.165, 1.54) is 19.2 Å². The number of likely N-dealkylation sites (N-methyl/N-ethyl adjacent to an activating group) is 1. The number of alkyl halides is 3. The molecule has 0 saturated carbocycles. The standard InChI is InChI=1S/C16H22ClF3N2.CH5N/c1-22(2)15(7-3-9-21-11-15)8-6-12-4-5-14(17)13(10-12)16(18,19)20;1-2/h4-5,10,21H,3,6-9,11H2,1-2H3;2H2,1H3. The lowest BCUT2D eigenvalue weighted by molar-refractivity contribution is -0.137. The number of nitrogens with zero attached hydrogens (tertiary/aromatic N) is 1. The van der Waals surface area contributed by atoms with E-state index >= 15 is 0 Å². The van der Waals surface area contributed by atoms with Crippen molar-refractivity contribution >= 4 is 11.6 Å². The Hall–Kier alpha value is -0.820. The van der Waals surface area contributed by atoms with Crippen molar-refractivity contribution in [2.75, 3.05) is 34.2 Å². The van der Waals surface area contributed by atoms with Gasteiger partial charge in [-0.2, -0.15) is 13.2 Å². The van der Waals surface area contributed by atoms with Gasteiger partial charge in [0.1, 0.15) is 0 Å². The highest BCUT2D eigenvalue weighted by molar-refractivity contribution is 6.31. The molecule has 1 aromatic carbocycles. The maximum Gasteiger partial charge on any atom is 0.417 e. The molecule has 7 heteroatoms. The predicted octanol–water partition coefficient (Wildman–Crippen LogP) is 3.55. The molecule has 1 aliphatic rings. The summed E-state index contributed by atoms with van der Waals surface area (Å²) in [6.45, 7) is 1.88. The molecule has 1 aromatic rings. The Morgan fingerprint density at radius 2 is 1.96 bits per heavy atom. The van der Waals surface area contributed by atoms with Crippen LogP contribution in [-0.2, 0) is 12.6 Å². The van der Waals surface area contributed by atoms with Crippen LogP contribution in [0.2, 0.25) is 5.02 Å². The summed E-state index contributed by atoms with van der Waals surface area (Å²) in [5.74, 6) is 0. The van der Waals surface area contributed by atoms with Gasteiger partial charge in [-0.15, -0.1) is 0 Å². The lowest BCUT2D eigenvalue weighted by Gasteiger charge is -2.43. The van der Waals surface area contributed by atoms with Crippen LogP contribution in [0.5, 0.6) is 0 Å². The first-order chi connectivity index (χ1) is 11.2. The first kappa shape index (κ1) is 21.2. The molecule has 3 N–H and O–H groups in total. The minimum atomic E-state index is -4.40. The number of hydrogen-bond donors (Lipinski definition) is 2. The highest BCUT2D eigenvalue weighted by atomic mass is 35.5. The molecule has 138 valence electrons. The van der Waals surface area contributed by atoms with Crippen LogP contribution in [0.1, 0.15) is 30.4 Å². The van der Waals surface area contributed by atoms with E-state index in [0.29, 0.717) is 12.0 Å². The second-order valence-corrected chi connectivity index (χ2v) is 6.62. The van der Waals surface area contributed by atoms with Crippen LogP contribution in [0.3, 0.4) is 0 Å². The average Bonchev–Trinajstić information content (AvgIpc) is 2.55. The molecule has 1 unspecified atom stereocenters. The zero-order valence-corrected chi connectivity index (χ0v) is 15.3. The molecule has 24 heavy (non-hydrogen) atoms. The van der Waals surface area contributed by atoms with Gasteiger partial charge in [0.25, 0.3) is 0 Å². The van der Waals surface area contributed by atoms with Crippen molar-refractivity contribution < 1.29 is 13.2 Å². The number of aryl methyl sites for hydroxylation is 1. The molecule has 1 heterocycles. The number of benzene rings is 1. The van der Waals surface area contributed by atoms with Gasteiger partial charge < -0.3 is 16.0 Å². The Morgan fingerprint density at radius 3 is 2.46 bits per heavy atom. The SMILES string of the molecule is CN.CN(C)C1(CCc2ccc(Cl)c(C(F)(F)F)c2)CCCNC1. The minimum absolute atomic E-state index is 0.0102. The molecule has 0 radical (unpaired) electrons. The van der Waals surface area contributed by atoms with Crippen LogP contribution in [0.4, 0.5) is 13.2 Å². The Morgan fingerprint density at radius 1 is 1.29 bits per heavy atom. The number of halogens is 4. The molecule has 0 bridgehead atoms. The fourth-order valence-electron chi connectivity index (χ4n) is 3.09. The van der Waals surface area contributed by atoms with Crippen LogP contribution < -0.4 is 11.1 Å². The van der Waals surface area contributed by atoms with Gasteiger partial charge in [0.15, 0.2) is 0 Å². The molecule has 2 rings (SSSR count). The normalized spacial score (nSPS) is 21.4. The first-order valence-electron chi connectivity index (χ1n) is 8.06. The molecule has 0 amide bonds. The van der Waals surface area contributed by atoms with Crippen molar-refractivity contribution in [3.8, 4) is 0 Å². The van der Waals surface area contributed by atoms with E-state index < -0.39 is 11.7 Å². The summed E-state index contributed by atoms with van der Waals surface area (Å²) in [6, 6.07) is 4.22. The number of piperidine rings is 1. The number of nitrogens with two attached hydrogens (primary N) is 1. The monoisotopic (exact) mass is 365 g/mol. The summed E-state index contributed by atoms with van der Waals surface area (Å²) in [6.07, 6.45) is -0.815. The molecule has 1 saturated heterocycles. The summed E-state index contributed by atoms with van der Waals surface area (Å²) in [7, 11) is 5.58. The number of nitrogens with one attached hydrogen (secondary N) is 1. The molecule has 0 spiro atoms. The molecule has 1 atom stereocenters. The van der Waals surface area contributed by atoms with Gasteiger partial charge in [-0.25, -0.2) is 0 Å². The van der Waals surface area contributed by atoms with Gasteiger partial charge in [0, 0.05) is 12.1 Å². The van der Waals surface area contributed by atoms with Crippen LogP contribution in [0.25, 0.3) is 0 Å². The third kappa shape index (κ3) is 5.34. The second-order valence-electron chi connectivity index (χ2n) is 6.21. The molecule has 3 nitrogen and oxygen atoms in total. The molecule has 0 aliphatic carbocycles.